The van der Waals surface area contributed by atoms with Gasteiger partial charge in [-0.05, 0) is 24.6 Å². The molecule has 0 saturated heterocycles. The Morgan fingerprint density at radius 2 is 2.24 bits per heavy atom. The van der Waals surface area contributed by atoms with Crippen LogP contribution in [0.5, 0.6) is 0 Å². The molecule has 2 atom stereocenters. The van der Waals surface area contributed by atoms with Crippen molar-refractivity contribution in [3.05, 3.63) is 29.6 Å². The third-order valence-electron chi connectivity index (χ3n) is 3.24. The highest BCUT2D eigenvalue weighted by Crippen LogP contribution is 2.32. The largest absolute Gasteiger partial charge is 0.481 e. The van der Waals surface area contributed by atoms with Crippen molar-refractivity contribution < 1.29 is 23.9 Å². The molecular weight excluding hydrogens is 279 g/mol. The summed E-state index contributed by atoms with van der Waals surface area (Å²) >= 11 is 0. The molecule has 0 bridgehead atoms. The minimum Gasteiger partial charge on any atom is -0.481 e. The quantitative estimate of drug-likeness (QED) is 0.778. The van der Waals surface area contributed by atoms with Crippen LogP contribution in [0.15, 0.2) is 18.2 Å². The third kappa shape index (κ3) is 3.56. The van der Waals surface area contributed by atoms with Crippen LogP contribution in [0.25, 0.3) is 0 Å². The van der Waals surface area contributed by atoms with Gasteiger partial charge in [0.05, 0.1) is 12.3 Å². The summed E-state index contributed by atoms with van der Waals surface area (Å²) in [5, 5.41) is 13.8. The number of rotatable bonds is 4. The minimum absolute atomic E-state index is 0.0513. The number of aliphatic carboxylic acids is 1. The molecule has 0 fully saturated rings. The lowest BCUT2D eigenvalue weighted by Gasteiger charge is -2.26. The average Bonchev–Trinajstić information content (AvgIpc) is 2.35. The van der Waals surface area contributed by atoms with Gasteiger partial charge in [0.1, 0.15) is 5.82 Å². The Morgan fingerprint density at radius 1 is 1.52 bits per heavy atom. The monoisotopic (exact) mass is 294 g/mol. The second kappa shape index (κ2) is 5.90. The van der Waals surface area contributed by atoms with Gasteiger partial charge in [0, 0.05) is 18.2 Å². The lowest BCUT2D eigenvalue weighted by atomic mass is 9.89. The van der Waals surface area contributed by atoms with Gasteiger partial charge in [-0.2, -0.15) is 0 Å². The number of carboxylic acids is 1. The Balaban J connectivity index is 2.18. The number of fused-ring (bicyclic) bond motifs is 1. The molecule has 3 N–H and O–H groups in total. The van der Waals surface area contributed by atoms with Crippen molar-refractivity contribution in [1.82, 2.24) is 5.32 Å². The number of halogens is 1. The van der Waals surface area contributed by atoms with Crippen LogP contribution in [0.3, 0.4) is 0 Å². The van der Waals surface area contributed by atoms with Crippen LogP contribution in [0, 0.1) is 5.82 Å². The van der Waals surface area contributed by atoms with Crippen LogP contribution in [-0.4, -0.2) is 28.9 Å². The minimum atomic E-state index is -1.02. The average molecular weight is 294 g/mol. The molecule has 2 unspecified atom stereocenters. The van der Waals surface area contributed by atoms with Gasteiger partial charge in [-0.3, -0.25) is 14.4 Å². The van der Waals surface area contributed by atoms with E-state index in [4.69, 9.17) is 5.11 Å². The number of amides is 2. The topological polar surface area (TPSA) is 95.5 Å². The Kier molecular flexibility index (Phi) is 4.21. The molecule has 2 amide bonds. The van der Waals surface area contributed by atoms with E-state index >= 15 is 0 Å². The van der Waals surface area contributed by atoms with E-state index in [1.807, 2.05) is 0 Å². The van der Waals surface area contributed by atoms with Crippen molar-refractivity contribution >= 4 is 23.5 Å². The molecular formula is C14H15FN2O4. The second-order valence-corrected chi connectivity index (χ2v) is 5.04. The van der Waals surface area contributed by atoms with Crippen LogP contribution >= 0.6 is 0 Å². The van der Waals surface area contributed by atoms with Gasteiger partial charge in [0.25, 0.3) is 0 Å². The summed E-state index contributed by atoms with van der Waals surface area (Å²) in [6, 6.07) is 3.28. The smallest absolute Gasteiger partial charge is 0.305 e. The van der Waals surface area contributed by atoms with E-state index in [1.54, 1.807) is 6.92 Å². The third-order valence-corrected chi connectivity index (χ3v) is 3.24. The normalized spacial score (nSPS) is 18.4. The number of carbonyl (C=O) groups is 3. The molecule has 0 aliphatic carbocycles. The maximum absolute atomic E-state index is 13.2. The van der Waals surface area contributed by atoms with Crippen molar-refractivity contribution in [2.75, 3.05) is 5.32 Å². The van der Waals surface area contributed by atoms with Crippen molar-refractivity contribution in [1.29, 1.82) is 0 Å². The van der Waals surface area contributed by atoms with Gasteiger partial charge >= 0.3 is 5.97 Å². The number of hydrogen-bond acceptors (Lipinski definition) is 3. The number of hydrogen-bond donors (Lipinski definition) is 3. The van der Waals surface area contributed by atoms with E-state index in [1.165, 1.54) is 12.1 Å². The zero-order valence-corrected chi connectivity index (χ0v) is 11.4. The second-order valence-electron chi connectivity index (χ2n) is 5.04. The summed E-state index contributed by atoms with van der Waals surface area (Å²) in [6.07, 6.45) is -0.259. The van der Waals surface area contributed by atoms with Gasteiger partial charge in [-0.1, -0.05) is 6.07 Å². The summed E-state index contributed by atoms with van der Waals surface area (Å²) in [5.74, 6) is -3.09. The maximum Gasteiger partial charge on any atom is 0.305 e. The van der Waals surface area contributed by atoms with Gasteiger partial charge in [-0.25, -0.2) is 4.39 Å². The van der Waals surface area contributed by atoms with Crippen LogP contribution in [0.4, 0.5) is 10.1 Å². The highest BCUT2D eigenvalue weighted by Gasteiger charge is 2.31. The molecule has 2 rings (SSSR count). The molecule has 1 aromatic rings. The zero-order valence-electron chi connectivity index (χ0n) is 11.4. The van der Waals surface area contributed by atoms with E-state index in [0.29, 0.717) is 5.56 Å². The predicted octanol–water partition coefficient (Wildman–Crippen LogP) is 1.23. The van der Waals surface area contributed by atoms with Crippen molar-refractivity contribution in [3.63, 3.8) is 0 Å². The first-order valence-corrected chi connectivity index (χ1v) is 6.48. The predicted molar refractivity (Wildman–Crippen MR) is 72.2 cm³/mol. The molecule has 21 heavy (non-hydrogen) atoms. The summed E-state index contributed by atoms with van der Waals surface area (Å²) in [6.45, 7) is 1.57. The summed E-state index contributed by atoms with van der Waals surface area (Å²) in [5.41, 5.74) is 0.799. The standard InChI is InChI=1S/C14H15FN2O4/c1-7(4-13(19)20)16-14(21)10-6-12(18)17-11-5-8(15)2-3-9(10)11/h2-3,5,7,10H,4,6H2,1H3,(H,16,21)(H,17,18)(H,19,20). The molecule has 0 spiro atoms. The van der Waals surface area contributed by atoms with Crippen molar-refractivity contribution in [2.24, 2.45) is 0 Å². The first kappa shape index (κ1) is 15.0. The Hall–Kier alpha value is -2.44. The molecule has 7 heteroatoms. The zero-order chi connectivity index (χ0) is 15.6. The molecule has 0 saturated carbocycles. The summed E-state index contributed by atoms with van der Waals surface area (Å²) in [7, 11) is 0. The number of benzene rings is 1. The molecule has 6 nitrogen and oxygen atoms in total. The molecule has 112 valence electrons. The number of carbonyl (C=O) groups excluding carboxylic acids is 2. The number of anilines is 1. The van der Waals surface area contributed by atoms with E-state index in [9.17, 15) is 18.8 Å². The van der Waals surface area contributed by atoms with E-state index in [0.717, 1.165) is 6.07 Å². The van der Waals surface area contributed by atoms with E-state index in [2.05, 4.69) is 10.6 Å². The molecule has 0 radical (unpaired) electrons. The highest BCUT2D eigenvalue weighted by atomic mass is 19.1. The van der Waals surface area contributed by atoms with Gasteiger partial charge < -0.3 is 15.7 Å². The van der Waals surface area contributed by atoms with Crippen LogP contribution in [0.2, 0.25) is 0 Å². The lowest BCUT2D eigenvalue weighted by molar-refractivity contribution is -0.137. The lowest BCUT2D eigenvalue weighted by Crippen LogP contribution is -2.40. The first-order valence-electron chi connectivity index (χ1n) is 6.48. The van der Waals surface area contributed by atoms with Crippen molar-refractivity contribution in [3.8, 4) is 0 Å². The van der Waals surface area contributed by atoms with Crippen LogP contribution in [-0.2, 0) is 14.4 Å². The summed E-state index contributed by atoms with van der Waals surface area (Å²) < 4.78 is 13.2. The fraction of sp³-hybridized carbons (Fsp3) is 0.357. The van der Waals surface area contributed by atoms with Gasteiger partial charge in [-0.15, -0.1) is 0 Å². The summed E-state index contributed by atoms with van der Waals surface area (Å²) in [4.78, 5) is 34.4. The number of carboxylic acid groups (broad SMARTS) is 1. The molecule has 0 aromatic heterocycles. The van der Waals surface area contributed by atoms with E-state index in [-0.39, 0.29) is 24.4 Å². The Morgan fingerprint density at radius 3 is 2.90 bits per heavy atom. The highest BCUT2D eigenvalue weighted by molar-refractivity contribution is 6.01. The fourth-order valence-corrected chi connectivity index (χ4v) is 2.33. The van der Waals surface area contributed by atoms with Crippen LogP contribution in [0.1, 0.15) is 31.2 Å². The molecule has 1 aliphatic heterocycles. The Labute approximate surface area is 120 Å². The SMILES string of the molecule is CC(CC(=O)O)NC(=O)C1CC(=O)Nc2cc(F)ccc21. The first-order chi connectivity index (χ1) is 9.86. The Bertz CT molecular complexity index is 603. The van der Waals surface area contributed by atoms with Gasteiger partial charge in [0.2, 0.25) is 11.8 Å². The molecule has 1 aromatic carbocycles. The van der Waals surface area contributed by atoms with Crippen molar-refractivity contribution in [2.45, 2.75) is 31.7 Å². The number of nitrogens with one attached hydrogen (secondary N) is 2. The van der Waals surface area contributed by atoms with Crippen LogP contribution < -0.4 is 10.6 Å². The molecule has 1 aliphatic rings. The van der Waals surface area contributed by atoms with E-state index < -0.39 is 29.7 Å². The maximum atomic E-state index is 13.2. The fourth-order valence-electron chi connectivity index (χ4n) is 2.33. The van der Waals surface area contributed by atoms with Gasteiger partial charge in [0.15, 0.2) is 0 Å². The molecule has 1 heterocycles.